The van der Waals surface area contributed by atoms with E-state index < -0.39 is 5.60 Å². The van der Waals surface area contributed by atoms with E-state index in [1.165, 1.54) is 5.56 Å². The topological polar surface area (TPSA) is 32.3 Å². The Hall–Kier alpha value is -2.42. The van der Waals surface area contributed by atoms with Crippen molar-refractivity contribution in [1.82, 2.24) is 5.32 Å². The summed E-state index contributed by atoms with van der Waals surface area (Å²) in [4.78, 5) is 0. The Bertz CT molecular complexity index is 792. The zero-order valence-corrected chi connectivity index (χ0v) is 15.6. The van der Waals surface area contributed by atoms with Gasteiger partial charge in [-0.05, 0) is 41.9 Å². The second-order valence-corrected chi connectivity index (χ2v) is 7.57. The zero-order valence-electron chi connectivity index (χ0n) is 15.6. The molecule has 3 aromatic carbocycles. The molecule has 1 saturated carbocycles. The van der Waals surface area contributed by atoms with Gasteiger partial charge in [-0.2, -0.15) is 0 Å². The number of hydrogen-bond donors (Lipinski definition) is 2. The van der Waals surface area contributed by atoms with E-state index in [1.807, 2.05) is 36.4 Å². The molecule has 0 bridgehead atoms. The molecule has 0 radical (unpaired) electrons. The van der Waals surface area contributed by atoms with Crippen LogP contribution in [0.1, 0.15) is 36.0 Å². The van der Waals surface area contributed by atoms with Crippen molar-refractivity contribution in [3.63, 3.8) is 0 Å². The number of hydrogen-bond acceptors (Lipinski definition) is 2. The number of benzene rings is 3. The van der Waals surface area contributed by atoms with E-state index in [-0.39, 0.29) is 5.92 Å². The van der Waals surface area contributed by atoms with Gasteiger partial charge in [0.1, 0.15) is 5.60 Å². The Labute approximate surface area is 161 Å². The molecular formula is C25H27NO. The van der Waals surface area contributed by atoms with E-state index in [2.05, 4.69) is 59.9 Å². The highest BCUT2D eigenvalue weighted by molar-refractivity contribution is 5.37. The van der Waals surface area contributed by atoms with Crippen LogP contribution in [-0.4, -0.2) is 11.1 Å². The van der Waals surface area contributed by atoms with E-state index in [0.717, 1.165) is 36.9 Å². The summed E-state index contributed by atoms with van der Waals surface area (Å²) in [7, 11) is 0. The summed E-state index contributed by atoms with van der Waals surface area (Å²) >= 11 is 0. The van der Waals surface area contributed by atoms with Gasteiger partial charge in [0, 0.05) is 12.6 Å². The third-order valence-corrected chi connectivity index (χ3v) is 5.89. The van der Waals surface area contributed by atoms with Crippen LogP contribution < -0.4 is 5.32 Å². The molecule has 2 unspecified atom stereocenters. The first kappa shape index (κ1) is 18.0. The predicted molar refractivity (Wildman–Crippen MR) is 110 cm³/mol. The van der Waals surface area contributed by atoms with Crippen LogP contribution in [-0.2, 0) is 12.1 Å². The molecule has 138 valence electrons. The summed E-state index contributed by atoms with van der Waals surface area (Å²) < 4.78 is 0. The summed E-state index contributed by atoms with van der Waals surface area (Å²) in [6.45, 7) is 0.882. The van der Waals surface area contributed by atoms with Gasteiger partial charge >= 0.3 is 0 Å². The molecule has 1 fully saturated rings. The summed E-state index contributed by atoms with van der Waals surface area (Å²) in [5.41, 5.74) is 2.35. The second-order valence-electron chi connectivity index (χ2n) is 7.57. The highest BCUT2D eigenvalue weighted by atomic mass is 16.3. The van der Waals surface area contributed by atoms with E-state index in [4.69, 9.17) is 0 Å². The summed E-state index contributed by atoms with van der Waals surface area (Å²) in [5.74, 6) is 0.204. The molecule has 1 aliphatic carbocycles. The van der Waals surface area contributed by atoms with Gasteiger partial charge in [-0.3, -0.25) is 0 Å². The van der Waals surface area contributed by atoms with Crippen LogP contribution in [0.3, 0.4) is 0 Å². The van der Waals surface area contributed by atoms with Crippen molar-refractivity contribution in [2.24, 2.45) is 5.92 Å². The first-order chi connectivity index (χ1) is 13.3. The minimum atomic E-state index is -0.939. The molecule has 0 spiro atoms. The molecule has 4 rings (SSSR count). The Morgan fingerprint density at radius 1 is 0.741 bits per heavy atom. The molecule has 0 aromatic heterocycles. The largest absolute Gasteiger partial charge is 0.380 e. The average molecular weight is 357 g/mol. The second kappa shape index (κ2) is 8.08. The smallest absolute Gasteiger partial charge is 0.117 e. The highest BCUT2D eigenvalue weighted by Crippen LogP contribution is 2.45. The first-order valence-corrected chi connectivity index (χ1v) is 9.87. The van der Waals surface area contributed by atoms with Gasteiger partial charge in [0.05, 0.1) is 0 Å². The molecule has 1 aliphatic rings. The van der Waals surface area contributed by atoms with Crippen LogP contribution in [0.15, 0.2) is 91.0 Å². The fraction of sp³-hybridized carbons (Fsp3) is 0.280. The minimum absolute atomic E-state index is 0.204. The lowest BCUT2D eigenvalue weighted by Gasteiger charge is -2.35. The van der Waals surface area contributed by atoms with Gasteiger partial charge in [0.2, 0.25) is 0 Å². The van der Waals surface area contributed by atoms with E-state index in [9.17, 15) is 5.11 Å². The summed E-state index contributed by atoms with van der Waals surface area (Å²) in [6.07, 6.45) is 3.10. The fourth-order valence-electron chi connectivity index (χ4n) is 4.43. The monoisotopic (exact) mass is 357 g/mol. The number of nitrogens with one attached hydrogen (secondary N) is 1. The van der Waals surface area contributed by atoms with Crippen molar-refractivity contribution >= 4 is 0 Å². The molecule has 2 heteroatoms. The molecule has 0 aliphatic heterocycles. The molecular weight excluding hydrogens is 330 g/mol. The van der Waals surface area contributed by atoms with E-state index in [0.29, 0.717) is 6.04 Å². The first-order valence-electron chi connectivity index (χ1n) is 9.87. The molecule has 2 atom stereocenters. The molecule has 3 aromatic rings. The molecule has 0 saturated heterocycles. The molecule has 2 nitrogen and oxygen atoms in total. The van der Waals surface area contributed by atoms with Gasteiger partial charge in [0.15, 0.2) is 0 Å². The van der Waals surface area contributed by atoms with E-state index in [1.54, 1.807) is 0 Å². The van der Waals surface area contributed by atoms with Crippen LogP contribution >= 0.6 is 0 Å². The standard InChI is InChI=1S/C25H27NO/c27-25(21-12-6-2-7-13-21,22-14-8-3-9-15-22)23-16-17-24(18-23)26-19-20-10-4-1-5-11-20/h1-15,23-24,26-27H,16-19H2. The van der Waals surface area contributed by atoms with Crippen molar-refractivity contribution < 1.29 is 5.11 Å². The van der Waals surface area contributed by atoms with Crippen molar-refractivity contribution in [2.45, 2.75) is 37.5 Å². The van der Waals surface area contributed by atoms with Crippen LogP contribution in [0.4, 0.5) is 0 Å². The van der Waals surface area contributed by atoms with Crippen molar-refractivity contribution in [2.75, 3.05) is 0 Å². The van der Waals surface area contributed by atoms with Gasteiger partial charge in [-0.15, -0.1) is 0 Å². The third kappa shape index (κ3) is 3.83. The Morgan fingerprint density at radius 3 is 1.81 bits per heavy atom. The van der Waals surface area contributed by atoms with Crippen LogP contribution in [0.5, 0.6) is 0 Å². The van der Waals surface area contributed by atoms with Crippen molar-refractivity contribution in [3.05, 3.63) is 108 Å². The van der Waals surface area contributed by atoms with Crippen molar-refractivity contribution in [3.8, 4) is 0 Å². The molecule has 2 N–H and O–H groups in total. The normalized spacial score (nSPS) is 19.9. The number of aliphatic hydroxyl groups is 1. The summed E-state index contributed by atoms with van der Waals surface area (Å²) in [6, 6.07) is 31.3. The maximum Gasteiger partial charge on any atom is 0.117 e. The Balaban J connectivity index is 1.53. The Morgan fingerprint density at radius 2 is 1.26 bits per heavy atom. The highest BCUT2D eigenvalue weighted by Gasteiger charge is 2.43. The van der Waals surface area contributed by atoms with Gasteiger partial charge < -0.3 is 10.4 Å². The lowest BCUT2D eigenvalue weighted by atomic mass is 9.75. The quantitative estimate of drug-likeness (QED) is 0.659. The van der Waals surface area contributed by atoms with Crippen LogP contribution in [0.25, 0.3) is 0 Å². The van der Waals surface area contributed by atoms with Gasteiger partial charge in [0.25, 0.3) is 0 Å². The lowest BCUT2D eigenvalue weighted by Crippen LogP contribution is -2.36. The van der Waals surface area contributed by atoms with Crippen LogP contribution in [0, 0.1) is 5.92 Å². The van der Waals surface area contributed by atoms with E-state index >= 15 is 0 Å². The van der Waals surface area contributed by atoms with Gasteiger partial charge in [-0.25, -0.2) is 0 Å². The maximum atomic E-state index is 11.9. The molecule has 27 heavy (non-hydrogen) atoms. The molecule has 0 amide bonds. The van der Waals surface area contributed by atoms with Gasteiger partial charge in [-0.1, -0.05) is 91.0 Å². The fourth-order valence-corrected chi connectivity index (χ4v) is 4.43. The molecule has 0 heterocycles. The number of rotatable bonds is 6. The third-order valence-electron chi connectivity index (χ3n) is 5.89. The lowest BCUT2D eigenvalue weighted by molar-refractivity contribution is 0.0178. The zero-order chi connectivity index (χ0) is 18.5. The van der Waals surface area contributed by atoms with Crippen LogP contribution in [0.2, 0.25) is 0 Å². The maximum absolute atomic E-state index is 11.9. The Kier molecular flexibility index (Phi) is 5.38. The minimum Gasteiger partial charge on any atom is -0.380 e. The summed E-state index contributed by atoms with van der Waals surface area (Å²) in [5, 5.41) is 15.6. The van der Waals surface area contributed by atoms with Crippen molar-refractivity contribution in [1.29, 1.82) is 0 Å². The predicted octanol–water partition coefficient (Wildman–Crippen LogP) is 4.88. The average Bonchev–Trinajstić information content (AvgIpc) is 3.23. The SMILES string of the molecule is OC(c1ccccc1)(c1ccccc1)C1CCC(NCc2ccccc2)C1.